The highest BCUT2D eigenvalue weighted by molar-refractivity contribution is 5.90. The molecule has 2 aliphatic rings. The van der Waals surface area contributed by atoms with Crippen molar-refractivity contribution in [2.45, 2.75) is 83.8 Å². The van der Waals surface area contributed by atoms with Gasteiger partial charge in [-0.15, -0.1) is 0 Å². The number of hydroxylamine groups is 1. The lowest BCUT2D eigenvalue weighted by atomic mass is 10.1. The second kappa shape index (κ2) is 11.6. The van der Waals surface area contributed by atoms with Gasteiger partial charge in [-0.2, -0.15) is 0 Å². The molecule has 1 aromatic carbocycles. The Labute approximate surface area is 190 Å². The maximum atomic E-state index is 12.5. The van der Waals surface area contributed by atoms with Crippen LogP contribution in [0.5, 0.6) is 0 Å². The van der Waals surface area contributed by atoms with E-state index in [1.54, 1.807) is 13.0 Å². The quantitative estimate of drug-likeness (QED) is 0.220. The zero-order valence-corrected chi connectivity index (χ0v) is 19.4. The molecule has 2 saturated carbocycles. The van der Waals surface area contributed by atoms with Crippen molar-refractivity contribution in [3.8, 4) is 0 Å². The van der Waals surface area contributed by atoms with Crippen LogP contribution in [0, 0.1) is 5.92 Å². The fourth-order valence-electron chi connectivity index (χ4n) is 3.58. The zero-order valence-electron chi connectivity index (χ0n) is 19.4. The van der Waals surface area contributed by atoms with Crippen molar-refractivity contribution < 1.29 is 23.9 Å². The lowest BCUT2D eigenvalue weighted by molar-refractivity contribution is -0.180. The number of ether oxygens (including phenoxy) is 2. The number of hydrogen-bond acceptors (Lipinski definition) is 6. The Morgan fingerprint density at radius 3 is 2.44 bits per heavy atom. The predicted octanol–water partition coefficient (Wildman–Crippen LogP) is 3.87. The Kier molecular flexibility index (Phi) is 8.84. The lowest BCUT2D eigenvalue weighted by Crippen LogP contribution is -2.41. The number of rotatable bonds is 12. The summed E-state index contributed by atoms with van der Waals surface area (Å²) in [6.07, 6.45) is 8.68. The summed E-state index contributed by atoms with van der Waals surface area (Å²) in [5.41, 5.74) is 3.83. The molecule has 2 N–H and O–H groups in total. The van der Waals surface area contributed by atoms with Crippen LogP contribution in [0.25, 0.3) is 6.08 Å². The number of carbonyl (C=O) groups excluding carboxylic acids is 2. The van der Waals surface area contributed by atoms with Gasteiger partial charge in [0.25, 0.3) is 5.91 Å². The fraction of sp³-hybridized carbons (Fsp3) is 0.600. The highest BCUT2D eigenvalue weighted by Gasteiger charge is 2.51. The number of nitrogens with one attached hydrogen (secondary N) is 2. The average Bonchev–Trinajstić information content (AvgIpc) is 3.41. The summed E-state index contributed by atoms with van der Waals surface area (Å²) < 4.78 is 11.1. The Morgan fingerprint density at radius 2 is 1.81 bits per heavy atom. The van der Waals surface area contributed by atoms with Crippen molar-refractivity contribution >= 4 is 18.0 Å². The summed E-state index contributed by atoms with van der Waals surface area (Å²) in [5.74, 6) is -0.0522. The molecular weight excluding hydrogens is 408 g/mol. The number of hydrogen-bond donors (Lipinski definition) is 2. The first-order chi connectivity index (χ1) is 15.4. The molecule has 2 fully saturated rings. The maximum absolute atomic E-state index is 12.5. The average molecular weight is 445 g/mol. The fourth-order valence-corrected chi connectivity index (χ4v) is 3.58. The lowest BCUT2D eigenvalue weighted by Gasteiger charge is -2.19. The van der Waals surface area contributed by atoms with Gasteiger partial charge in [-0.1, -0.05) is 38.1 Å². The minimum absolute atomic E-state index is 0.0962. The van der Waals surface area contributed by atoms with Gasteiger partial charge in [-0.05, 0) is 68.6 Å². The molecule has 7 heteroatoms. The van der Waals surface area contributed by atoms with E-state index in [9.17, 15) is 9.59 Å². The van der Waals surface area contributed by atoms with Crippen molar-refractivity contribution in [2.24, 2.45) is 5.92 Å². The summed E-state index contributed by atoms with van der Waals surface area (Å²) >= 11 is 0. The van der Waals surface area contributed by atoms with E-state index in [1.165, 1.54) is 6.08 Å². The SMILES string of the molecule is CC(C)COC(C)ONC(=O)/C=C/c1ccc(CNC2(C(=O)OC3CCCC3)CC2)cc1. The van der Waals surface area contributed by atoms with E-state index in [4.69, 9.17) is 14.3 Å². The molecule has 1 atom stereocenters. The molecule has 0 aliphatic heterocycles. The van der Waals surface area contributed by atoms with E-state index >= 15 is 0 Å². The van der Waals surface area contributed by atoms with Gasteiger partial charge in [0, 0.05) is 12.6 Å². The first kappa shape index (κ1) is 24.4. The molecule has 1 unspecified atom stereocenters. The van der Waals surface area contributed by atoms with Gasteiger partial charge in [0.1, 0.15) is 11.6 Å². The molecule has 1 amide bonds. The van der Waals surface area contributed by atoms with E-state index in [0.717, 1.165) is 49.7 Å². The van der Waals surface area contributed by atoms with Crippen molar-refractivity contribution in [3.05, 3.63) is 41.5 Å². The van der Waals surface area contributed by atoms with Crippen LogP contribution >= 0.6 is 0 Å². The zero-order chi connectivity index (χ0) is 23.0. The van der Waals surface area contributed by atoms with Crippen molar-refractivity contribution in [2.75, 3.05) is 6.61 Å². The summed E-state index contributed by atoms with van der Waals surface area (Å²) in [6, 6.07) is 7.85. The molecular formula is C25H36N2O5. The van der Waals surface area contributed by atoms with Gasteiger partial charge in [0.05, 0.1) is 6.61 Å². The van der Waals surface area contributed by atoms with Crippen LogP contribution in [0.2, 0.25) is 0 Å². The third kappa shape index (κ3) is 7.73. The van der Waals surface area contributed by atoms with E-state index < -0.39 is 11.8 Å². The van der Waals surface area contributed by atoms with Crippen LogP contribution in [0.4, 0.5) is 0 Å². The molecule has 7 nitrogen and oxygen atoms in total. The van der Waals surface area contributed by atoms with Crippen LogP contribution < -0.4 is 10.8 Å². The number of amides is 1. The van der Waals surface area contributed by atoms with Crippen molar-refractivity contribution in [3.63, 3.8) is 0 Å². The Hall–Kier alpha value is -2.22. The Morgan fingerprint density at radius 1 is 1.12 bits per heavy atom. The second-order valence-corrected chi connectivity index (χ2v) is 9.20. The smallest absolute Gasteiger partial charge is 0.326 e. The Bertz CT molecular complexity index is 780. The van der Waals surface area contributed by atoms with Crippen LogP contribution in [-0.2, 0) is 30.4 Å². The summed E-state index contributed by atoms with van der Waals surface area (Å²) in [5, 5.41) is 3.39. The van der Waals surface area contributed by atoms with E-state index in [1.807, 2.05) is 38.1 Å². The number of esters is 1. The molecule has 0 heterocycles. The van der Waals surface area contributed by atoms with Gasteiger partial charge in [0.2, 0.25) is 0 Å². The van der Waals surface area contributed by atoms with Gasteiger partial charge in [-0.3, -0.25) is 14.9 Å². The van der Waals surface area contributed by atoms with Gasteiger partial charge in [-0.25, -0.2) is 10.3 Å². The van der Waals surface area contributed by atoms with Gasteiger partial charge in [0.15, 0.2) is 6.29 Å². The molecule has 0 aromatic heterocycles. The largest absolute Gasteiger partial charge is 0.461 e. The predicted molar refractivity (Wildman–Crippen MR) is 122 cm³/mol. The monoisotopic (exact) mass is 444 g/mol. The second-order valence-electron chi connectivity index (χ2n) is 9.20. The molecule has 3 rings (SSSR count). The van der Waals surface area contributed by atoms with Crippen LogP contribution in [0.15, 0.2) is 30.3 Å². The molecule has 1 aromatic rings. The third-order valence-corrected chi connectivity index (χ3v) is 5.74. The minimum atomic E-state index is -0.508. The van der Waals surface area contributed by atoms with Crippen LogP contribution in [0.3, 0.4) is 0 Å². The van der Waals surface area contributed by atoms with Crippen LogP contribution in [-0.4, -0.2) is 36.4 Å². The molecule has 0 spiro atoms. The molecule has 32 heavy (non-hydrogen) atoms. The first-order valence-corrected chi connectivity index (χ1v) is 11.7. The standard InChI is InChI=1S/C25H36N2O5/c1-18(2)17-30-19(3)32-27-23(28)13-12-20-8-10-21(11-9-20)16-26-25(14-15-25)24(29)31-22-6-4-5-7-22/h8-13,18-19,22,26H,4-7,14-17H2,1-3H3,(H,27,28)/b13-12+. The maximum Gasteiger partial charge on any atom is 0.326 e. The first-order valence-electron chi connectivity index (χ1n) is 11.7. The molecule has 0 saturated heterocycles. The topological polar surface area (TPSA) is 85.9 Å². The summed E-state index contributed by atoms with van der Waals surface area (Å²) in [4.78, 5) is 29.6. The van der Waals surface area contributed by atoms with E-state index in [2.05, 4.69) is 10.8 Å². The molecule has 0 bridgehead atoms. The highest BCUT2D eigenvalue weighted by atomic mass is 16.8. The number of benzene rings is 1. The molecule has 2 aliphatic carbocycles. The van der Waals surface area contributed by atoms with Gasteiger partial charge < -0.3 is 9.47 Å². The van der Waals surface area contributed by atoms with Crippen molar-refractivity contribution in [1.82, 2.24) is 10.8 Å². The summed E-state index contributed by atoms with van der Waals surface area (Å²) in [6.45, 7) is 7.00. The third-order valence-electron chi connectivity index (χ3n) is 5.74. The Balaban J connectivity index is 1.39. The van der Waals surface area contributed by atoms with Gasteiger partial charge >= 0.3 is 5.97 Å². The van der Waals surface area contributed by atoms with Crippen LogP contribution in [0.1, 0.15) is 70.4 Å². The molecule has 176 valence electrons. The molecule has 0 radical (unpaired) electrons. The minimum Gasteiger partial charge on any atom is -0.461 e. The van der Waals surface area contributed by atoms with E-state index in [0.29, 0.717) is 19.1 Å². The van der Waals surface area contributed by atoms with E-state index in [-0.39, 0.29) is 18.0 Å². The van der Waals surface area contributed by atoms with Crippen molar-refractivity contribution in [1.29, 1.82) is 0 Å². The highest BCUT2D eigenvalue weighted by Crippen LogP contribution is 2.38. The normalized spacial score (nSPS) is 18.8. The summed E-state index contributed by atoms with van der Waals surface area (Å²) in [7, 11) is 0. The number of carbonyl (C=O) groups is 2.